The molecule has 1 amide bonds. The summed E-state index contributed by atoms with van der Waals surface area (Å²) in [6.45, 7) is 2.69. The summed E-state index contributed by atoms with van der Waals surface area (Å²) in [7, 11) is 3.18. The van der Waals surface area contributed by atoms with Crippen molar-refractivity contribution in [1.29, 1.82) is 0 Å². The predicted octanol–water partition coefficient (Wildman–Crippen LogP) is 3.20. The van der Waals surface area contributed by atoms with Crippen LogP contribution in [-0.4, -0.2) is 51.2 Å². The highest BCUT2D eigenvalue weighted by atomic mass is 19.1. The first-order valence-electron chi connectivity index (χ1n) is 8.79. The Morgan fingerprint density at radius 3 is 2.11 bits per heavy atom. The standard InChI is InChI=1S/C21H23FN2O3/c1-26-19-13-16(14-20(15-19)27-2)3-8-21(25)24-11-9-23(10-12-24)18-6-4-17(22)5-7-18/h3-8,13-15H,9-12H2,1-2H3/b8-3+. The van der Waals surface area contributed by atoms with Gasteiger partial charge in [0.25, 0.3) is 0 Å². The lowest BCUT2D eigenvalue weighted by Crippen LogP contribution is -2.48. The van der Waals surface area contributed by atoms with Crippen molar-refractivity contribution in [2.45, 2.75) is 0 Å². The Morgan fingerprint density at radius 1 is 0.963 bits per heavy atom. The van der Waals surface area contributed by atoms with Crippen LogP contribution in [0, 0.1) is 5.82 Å². The molecule has 3 rings (SSSR count). The molecule has 0 unspecified atom stereocenters. The summed E-state index contributed by atoms with van der Waals surface area (Å²) in [5.74, 6) is 1.08. The Kier molecular flexibility index (Phi) is 5.96. The molecule has 0 aliphatic carbocycles. The number of piperazine rings is 1. The second kappa shape index (κ2) is 8.58. The average Bonchev–Trinajstić information content (AvgIpc) is 2.72. The van der Waals surface area contributed by atoms with Crippen LogP contribution in [0.3, 0.4) is 0 Å². The predicted molar refractivity (Wildman–Crippen MR) is 104 cm³/mol. The molecule has 27 heavy (non-hydrogen) atoms. The van der Waals surface area contributed by atoms with Crippen LogP contribution < -0.4 is 14.4 Å². The third-order valence-electron chi connectivity index (χ3n) is 4.58. The van der Waals surface area contributed by atoms with Crippen molar-refractivity contribution in [3.63, 3.8) is 0 Å². The fraction of sp³-hybridized carbons (Fsp3) is 0.286. The minimum Gasteiger partial charge on any atom is -0.497 e. The molecule has 5 nitrogen and oxygen atoms in total. The fourth-order valence-electron chi connectivity index (χ4n) is 3.04. The highest BCUT2D eigenvalue weighted by molar-refractivity contribution is 5.92. The van der Waals surface area contributed by atoms with E-state index in [1.54, 1.807) is 44.6 Å². The number of halogens is 1. The van der Waals surface area contributed by atoms with E-state index in [0.29, 0.717) is 24.6 Å². The summed E-state index contributed by atoms with van der Waals surface area (Å²) < 4.78 is 23.5. The first kappa shape index (κ1) is 18.8. The molecule has 0 spiro atoms. The second-order valence-corrected chi connectivity index (χ2v) is 6.27. The SMILES string of the molecule is COc1cc(/C=C/C(=O)N2CCN(c3ccc(F)cc3)CC2)cc(OC)c1. The van der Waals surface area contributed by atoms with Gasteiger partial charge < -0.3 is 19.3 Å². The molecule has 0 aromatic heterocycles. The van der Waals surface area contributed by atoms with E-state index in [9.17, 15) is 9.18 Å². The summed E-state index contributed by atoms with van der Waals surface area (Å²) in [6.07, 6.45) is 3.33. The first-order valence-corrected chi connectivity index (χ1v) is 8.79. The van der Waals surface area contributed by atoms with E-state index in [0.717, 1.165) is 24.3 Å². The number of amides is 1. The van der Waals surface area contributed by atoms with Gasteiger partial charge in [-0.2, -0.15) is 0 Å². The van der Waals surface area contributed by atoms with Crippen molar-refractivity contribution in [3.05, 3.63) is 59.9 Å². The number of anilines is 1. The maximum Gasteiger partial charge on any atom is 0.246 e. The molecule has 1 saturated heterocycles. The normalized spacial score (nSPS) is 14.5. The van der Waals surface area contributed by atoms with Crippen molar-refractivity contribution in [1.82, 2.24) is 4.90 Å². The Morgan fingerprint density at radius 2 is 1.56 bits per heavy atom. The minimum atomic E-state index is -0.244. The van der Waals surface area contributed by atoms with Crippen LogP contribution in [0.2, 0.25) is 0 Å². The highest BCUT2D eigenvalue weighted by Gasteiger charge is 2.19. The zero-order valence-electron chi connectivity index (χ0n) is 15.5. The smallest absolute Gasteiger partial charge is 0.246 e. The summed E-state index contributed by atoms with van der Waals surface area (Å²) in [6, 6.07) is 11.9. The van der Waals surface area contributed by atoms with Gasteiger partial charge in [-0.3, -0.25) is 4.79 Å². The van der Waals surface area contributed by atoms with Gasteiger partial charge in [0.2, 0.25) is 5.91 Å². The third-order valence-corrected chi connectivity index (χ3v) is 4.58. The van der Waals surface area contributed by atoms with Crippen LogP contribution in [0.25, 0.3) is 6.08 Å². The van der Waals surface area contributed by atoms with Crippen molar-refractivity contribution >= 4 is 17.7 Å². The maximum atomic E-state index is 13.0. The number of rotatable bonds is 5. The Bertz CT molecular complexity index is 790. The molecule has 1 aliphatic rings. The Labute approximate surface area is 158 Å². The van der Waals surface area contributed by atoms with Gasteiger partial charge in [0.15, 0.2) is 0 Å². The largest absolute Gasteiger partial charge is 0.497 e. The topological polar surface area (TPSA) is 42.0 Å². The second-order valence-electron chi connectivity index (χ2n) is 6.27. The van der Waals surface area contributed by atoms with Gasteiger partial charge in [0.1, 0.15) is 17.3 Å². The van der Waals surface area contributed by atoms with Crippen LogP contribution in [0.15, 0.2) is 48.5 Å². The van der Waals surface area contributed by atoms with Crippen molar-refractivity contribution in [2.75, 3.05) is 45.3 Å². The number of carbonyl (C=O) groups excluding carboxylic acids is 1. The lowest BCUT2D eigenvalue weighted by molar-refractivity contribution is -0.126. The molecule has 1 aliphatic heterocycles. The number of ether oxygens (including phenoxy) is 2. The molecule has 2 aromatic carbocycles. The van der Waals surface area contributed by atoms with Gasteiger partial charge in [-0.05, 0) is 48.0 Å². The summed E-state index contributed by atoms with van der Waals surface area (Å²) in [5, 5.41) is 0. The lowest BCUT2D eigenvalue weighted by Gasteiger charge is -2.35. The van der Waals surface area contributed by atoms with Gasteiger partial charge >= 0.3 is 0 Å². The Hall–Kier alpha value is -3.02. The average molecular weight is 370 g/mol. The fourth-order valence-corrected chi connectivity index (χ4v) is 3.04. The van der Waals surface area contributed by atoms with Crippen molar-refractivity contribution < 1.29 is 18.7 Å². The zero-order valence-corrected chi connectivity index (χ0v) is 15.5. The lowest BCUT2D eigenvalue weighted by atomic mass is 10.1. The molecule has 1 heterocycles. The van der Waals surface area contributed by atoms with Crippen LogP contribution in [-0.2, 0) is 4.79 Å². The summed E-state index contributed by atoms with van der Waals surface area (Å²) >= 11 is 0. The van der Waals surface area contributed by atoms with E-state index in [-0.39, 0.29) is 11.7 Å². The molecule has 142 valence electrons. The maximum absolute atomic E-state index is 13.0. The monoisotopic (exact) mass is 370 g/mol. The number of carbonyl (C=O) groups is 1. The number of hydrogen-bond donors (Lipinski definition) is 0. The van der Waals surface area contributed by atoms with Crippen LogP contribution >= 0.6 is 0 Å². The third kappa shape index (κ3) is 4.78. The number of nitrogens with zero attached hydrogens (tertiary/aromatic N) is 2. The molecule has 6 heteroatoms. The number of methoxy groups -OCH3 is 2. The van der Waals surface area contributed by atoms with Crippen LogP contribution in [0.4, 0.5) is 10.1 Å². The molecular weight excluding hydrogens is 347 g/mol. The van der Waals surface area contributed by atoms with Gasteiger partial charge in [-0.1, -0.05) is 0 Å². The van der Waals surface area contributed by atoms with Crippen molar-refractivity contribution in [3.8, 4) is 11.5 Å². The van der Waals surface area contributed by atoms with E-state index in [2.05, 4.69) is 4.90 Å². The summed E-state index contributed by atoms with van der Waals surface area (Å²) in [4.78, 5) is 16.4. The molecule has 0 radical (unpaired) electrons. The molecular formula is C21H23FN2O3. The summed E-state index contributed by atoms with van der Waals surface area (Å²) in [5.41, 5.74) is 1.81. The molecule has 0 atom stereocenters. The molecule has 2 aromatic rings. The van der Waals surface area contributed by atoms with Crippen LogP contribution in [0.1, 0.15) is 5.56 Å². The van der Waals surface area contributed by atoms with Gasteiger partial charge in [-0.25, -0.2) is 4.39 Å². The van der Waals surface area contributed by atoms with E-state index in [1.807, 2.05) is 17.0 Å². The number of hydrogen-bond acceptors (Lipinski definition) is 4. The van der Waals surface area contributed by atoms with E-state index in [4.69, 9.17) is 9.47 Å². The Balaban J connectivity index is 1.59. The zero-order chi connectivity index (χ0) is 19.2. The van der Waals surface area contributed by atoms with Crippen molar-refractivity contribution in [2.24, 2.45) is 0 Å². The highest BCUT2D eigenvalue weighted by Crippen LogP contribution is 2.23. The van der Waals surface area contributed by atoms with E-state index >= 15 is 0 Å². The molecule has 1 fully saturated rings. The van der Waals surface area contributed by atoms with Crippen LogP contribution in [0.5, 0.6) is 11.5 Å². The quantitative estimate of drug-likeness (QED) is 0.758. The number of benzene rings is 2. The molecule has 0 bridgehead atoms. The molecule has 0 saturated carbocycles. The molecule has 0 N–H and O–H groups in total. The van der Waals surface area contributed by atoms with Gasteiger partial charge in [0, 0.05) is 44.0 Å². The first-order chi connectivity index (χ1) is 13.1. The minimum absolute atomic E-state index is 0.0319. The van der Waals surface area contributed by atoms with E-state index < -0.39 is 0 Å². The van der Waals surface area contributed by atoms with Gasteiger partial charge in [0.05, 0.1) is 14.2 Å². The van der Waals surface area contributed by atoms with E-state index in [1.165, 1.54) is 12.1 Å². The van der Waals surface area contributed by atoms with Gasteiger partial charge in [-0.15, -0.1) is 0 Å².